The summed E-state index contributed by atoms with van der Waals surface area (Å²) < 4.78 is 5.62. The molecule has 4 rings (SSSR count). The van der Waals surface area contributed by atoms with E-state index in [1.54, 1.807) is 0 Å². The highest BCUT2D eigenvalue weighted by atomic mass is 32.1. The lowest BCUT2D eigenvalue weighted by Crippen LogP contribution is -2.52. The zero-order valence-corrected chi connectivity index (χ0v) is 17.4. The van der Waals surface area contributed by atoms with Crippen molar-refractivity contribution in [3.63, 3.8) is 0 Å². The van der Waals surface area contributed by atoms with Gasteiger partial charge in [0.1, 0.15) is 5.84 Å². The van der Waals surface area contributed by atoms with Crippen molar-refractivity contribution in [3.05, 3.63) is 30.3 Å². The van der Waals surface area contributed by atoms with Crippen molar-refractivity contribution in [1.29, 1.82) is 0 Å². The van der Waals surface area contributed by atoms with Gasteiger partial charge in [-0.2, -0.15) is 0 Å². The third-order valence-electron chi connectivity index (χ3n) is 6.23. The van der Waals surface area contributed by atoms with Gasteiger partial charge in [-0.05, 0) is 25.0 Å². The smallest absolute Gasteiger partial charge is 0.127 e. The Bertz CT molecular complexity index is 691. The van der Waals surface area contributed by atoms with Crippen LogP contribution in [0, 0.1) is 5.41 Å². The van der Waals surface area contributed by atoms with Gasteiger partial charge in [0, 0.05) is 24.2 Å². The third kappa shape index (κ3) is 3.69. The quantitative estimate of drug-likeness (QED) is 0.726. The minimum atomic E-state index is -0.129. The normalized spacial score (nSPS) is 28.8. The molecule has 4 nitrogen and oxygen atoms in total. The minimum absolute atomic E-state index is 0.129. The van der Waals surface area contributed by atoms with Crippen LogP contribution in [0.2, 0.25) is 0 Å². The van der Waals surface area contributed by atoms with Crippen LogP contribution in [0.1, 0.15) is 46.0 Å². The van der Waals surface area contributed by atoms with Crippen LogP contribution >= 0.6 is 12.2 Å². The number of aliphatic imine (C=N–C) groups is 1. The number of ether oxygens (including phenoxy) is 1. The molecule has 1 aliphatic carbocycles. The molecule has 2 heterocycles. The molecule has 1 unspecified atom stereocenters. The molecule has 1 atom stereocenters. The van der Waals surface area contributed by atoms with Crippen molar-refractivity contribution in [2.45, 2.75) is 58.0 Å². The lowest BCUT2D eigenvalue weighted by Gasteiger charge is -2.38. The second kappa shape index (κ2) is 7.98. The molecule has 0 radical (unpaired) electrons. The molecule has 0 bridgehead atoms. The minimum Gasteiger partial charge on any atom is -0.379 e. The van der Waals surface area contributed by atoms with Crippen LogP contribution in [0.3, 0.4) is 0 Å². The monoisotopic (exact) mass is 385 g/mol. The van der Waals surface area contributed by atoms with Gasteiger partial charge in [-0.15, -0.1) is 0 Å². The van der Waals surface area contributed by atoms with E-state index in [4.69, 9.17) is 21.9 Å². The maximum atomic E-state index is 6.04. The fourth-order valence-corrected chi connectivity index (χ4v) is 5.07. The van der Waals surface area contributed by atoms with E-state index in [2.05, 4.69) is 54.0 Å². The van der Waals surface area contributed by atoms with Crippen LogP contribution < -0.4 is 4.90 Å². The average Bonchev–Trinajstić information content (AvgIpc) is 2.89. The zero-order valence-electron chi connectivity index (χ0n) is 16.6. The summed E-state index contributed by atoms with van der Waals surface area (Å²) in [6.07, 6.45) is 6.34. The summed E-state index contributed by atoms with van der Waals surface area (Å²) >= 11 is 6.04. The summed E-state index contributed by atoms with van der Waals surface area (Å²) in [5, 5.41) is 0. The SMILES string of the molecule is CC1(C)C(=S)N(c2ccccc2)C(=NC2CCCCC2)C1N1CCOCC1. The Hall–Kier alpha value is -1.30. The largest absolute Gasteiger partial charge is 0.379 e. The number of hydrogen-bond donors (Lipinski definition) is 0. The highest BCUT2D eigenvalue weighted by Gasteiger charge is 2.52. The summed E-state index contributed by atoms with van der Waals surface area (Å²) in [7, 11) is 0. The number of hydrogen-bond acceptors (Lipinski definition) is 4. The number of nitrogens with zero attached hydrogens (tertiary/aromatic N) is 3. The average molecular weight is 386 g/mol. The van der Waals surface area contributed by atoms with Crippen LogP contribution in [0.25, 0.3) is 0 Å². The van der Waals surface area contributed by atoms with E-state index in [1.807, 2.05) is 0 Å². The number of benzene rings is 1. The second-order valence-electron chi connectivity index (χ2n) is 8.53. The first-order valence-corrected chi connectivity index (χ1v) is 10.8. The second-order valence-corrected chi connectivity index (χ2v) is 8.91. The highest BCUT2D eigenvalue weighted by molar-refractivity contribution is 7.80. The molecule has 146 valence electrons. The molecule has 1 aromatic rings. The molecule has 0 aromatic heterocycles. The first-order chi connectivity index (χ1) is 13.1. The molecule has 1 saturated carbocycles. The van der Waals surface area contributed by atoms with Crippen molar-refractivity contribution >= 4 is 28.7 Å². The topological polar surface area (TPSA) is 28.1 Å². The third-order valence-corrected chi connectivity index (χ3v) is 6.93. The predicted molar refractivity (Wildman–Crippen MR) is 116 cm³/mol. The van der Waals surface area contributed by atoms with Gasteiger partial charge < -0.3 is 4.74 Å². The summed E-state index contributed by atoms with van der Waals surface area (Å²) in [6, 6.07) is 11.2. The van der Waals surface area contributed by atoms with Crippen LogP contribution in [0.15, 0.2) is 35.3 Å². The number of rotatable bonds is 3. The van der Waals surface area contributed by atoms with Crippen LogP contribution in [0.5, 0.6) is 0 Å². The summed E-state index contributed by atoms with van der Waals surface area (Å²) in [4.78, 5) is 11.2. The number of para-hydroxylation sites is 1. The van der Waals surface area contributed by atoms with Gasteiger partial charge in [-0.1, -0.05) is 63.5 Å². The molecule has 0 amide bonds. The standard InChI is InChI=1S/C22H31N3OS/c1-22(2)19(24-13-15-26-16-14-24)20(23-17-9-5-3-6-10-17)25(21(22)27)18-11-7-4-8-12-18/h4,7-8,11-12,17,19H,3,5-6,9-10,13-16H2,1-2H3. The van der Waals surface area contributed by atoms with Crippen molar-refractivity contribution in [2.75, 3.05) is 31.2 Å². The predicted octanol–water partition coefficient (Wildman–Crippen LogP) is 4.29. The molecule has 5 heteroatoms. The molecule has 2 saturated heterocycles. The van der Waals surface area contributed by atoms with E-state index in [0.29, 0.717) is 6.04 Å². The molecule has 27 heavy (non-hydrogen) atoms. The van der Waals surface area contributed by atoms with E-state index in [9.17, 15) is 0 Å². The maximum absolute atomic E-state index is 6.04. The lowest BCUT2D eigenvalue weighted by atomic mass is 9.85. The Kier molecular flexibility index (Phi) is 5.62. The summed E-state index contributed by atoms with van der Waals surface area (Å²) in [5.74, 6) is 1.16. The Balaban J connectivity index is 1.76. The Morgan fingerprint density at radius 3 is 2.37 bits per heavy atom. The van der Waals surface area contributed by atoms with Crippen molar-refractivity contribution in [2.24, 2.45) is 10.4 Å². The van der Waals surface area contributed by atoms with Gasteiger partial charge in [0.05, 0.1) is 30.3 Å². The van der Waals surface area contributed by atoms with Crippen LogP contribution in [-0.2, 0) is 4.74 Å². The molecule has 0 N–H and O–H groups in total. The Morgan fingerprint density at radius 1 is 1.04 bits per heavy atom. The van der Waals surface area contributed by atoms with E-state index < -0.39 is 0 Å². The van der Waals surface area contributed by atoms with Crippen molar-refractivity contribution in [1.82, 2.24) is 4.90 Å². The van der Waals surface area contributed by atoms with E-state index in [0.717, 1.165) is 42.8 Å². The van der Waals surface area contributed by atoms with E-state index in [1.165, 1.54) is 32.1 Å². The lowest BCUT2D eigenvalue weighted by molar-refractivity contribution is 0.0172. The van der Waals surface area contributed by atoms with E-state index >= 15 is 0 Å². The number of anilines is 1. The molecule has 0 spiro atoms. The van der Waals surface area contributed by atoms with Gasteiger partial charge in [0.15, 0.2) is 0 Å². The number of morpholine rings is 1. The maximum Gasteiger partial charge on any atom is 0.127 e. The van der Waals surface area contributed by atoms with Crippen molar-refractivity contribution in [3.8, 4) is 0 Å². The summed E-state index contributed by atoms with van der Waals surface area (Å²) in [5.41, 5.74) is 1.01. The fourth-order valence-electron chi connectivity index (χ4n) is 4.76. The van der Waals surface area contributed by atoms with Crippen LogP contribution in [0.4, 0.5) is 5.69 Å². The molecule has 1 aromatic carbocycles. The number of amidine groups is 1. The molecule has 3 aliphatic rings. The molecular formula is C22H31N3OS. The zero-order chi connectivity index (χ0) is 18.9. The summed E-state index contributed by atoms with van der Waals surface area (Å²) in [6.45, 7) is 8.05. The van der Waals surface area contributed by atoms with E-state index in [-0.39, 0.29) is 11.5 Å². The Morgan fingerprint density at radius 2 is 1.70 bits per heavy atom. The van der Waals surface area contributed by atoms with Gasteiger partial charge in [-0.25, -0.2) is 0 Å². The van der Waals surface area contributed by atoms with Gasteiger partial charge in [0.2, 0.25) is 0 Å². The first kappa shape index (κ1) is 19.0. The van der Waals surface area contributed by atoms with Gasteiger partial charge >= 0.3 is 0 Å². The Labute approximate surface area is 168 Å². The molecule has 3 fully saturated rings. The molecular weight excluding hydrogens is 354 g/mol. The van der Waals surface area contributed by atoms with Gasteiger partial charge in [0.25, 0.3) is 0 Å². The number of thiocarbonyl (C=S) groups is 1. The first-order valence-electron chi connectivity index (χ1n) is 10.4. The van der Waals surface area contributed by atoms with Crippen LogP contribution in [-0.4, -0.2) is 54.1 Å². The highest BCUT2D eigenvalue weighted by Crippen LogP contribution is 2.41. The van der Waals surface area contributed by atoms with Crippen molar-refractivity contribution < 1.29 is 4.74 Å². The fraction of sp³-hybridized carbons (Fsp3) is 0.636. The molecule has 2 aliphatic heterocycles. The van der Waals surface area contributed by atoms with Gasteiger partial charge in [-0.3, -0.25) is 14.8 Å².